The molecule has 1 fully saturated rings. The van der Waals surface area contributed by atoms with Crippen molar-refractivity contribution in [2.45, 2.75) is 58.3 Å². The van der Waals surface area contributed by atoms with Gasteiger partial charge < -0.3 is 14.4 Å². The van der Waals surface area contributed by atoms with Crippen molar-refractivity contribution in [3.05, 3.63) is 83.9 Å². The molecule has 2 heterocycles. The normalized spacial score (nSPS) is 17.4. The molecule has 2 aliphatic heterocycles. The minimum Gasteiger partial charge on any atom is -0.487 e. The summed E-state index contributed by atoms with van der Waals surface area (Å²) in [6, 6.07) is 25.4. The summed E-state index contributed by atoms with van der Waals surface area (Å²) in [7, 11) is 0. The molecule has 1 saturated heterocycles. The predicted molar refractivity (Wildman–Crippen MR) is 149 cm³/mol. The van der Waals surface area contributed by atoms with E-state index in [1.54, 1.807) is 0 Å². The molecule has 1 N–H and O–H groups in total. The van der Waals surface area contributed by atoms with Crippen LogP contribution in [0.3, 0.4) is 0 Å². The number of anilines is 3. The number of carbonyl (C=O) groups excluding carboxylic acids is 1. The molecule has 0 bridgehead atoms. The monoisotopic (exact) mass is 499 g/mol. The van der Waals surface area contributed by atoms with Crippen molar-refractivity contribution in [3.63, 3.8) is 0 Å². The van der Waals surface area contributed by atoms with Crippen molar-refractivity contribution in [2.75, 3.05) is 29.9 Å². The number of benzene rings is 3. The van der Waals surface area contributed by atoms with E-state index in [1.165, 1.54) is 24.1 Å². The zero-order chi connectivity index (χ0) is 25.8. The second kappa shape index (κ2) is 10.9. The first-order chi connectivity index (χ1) is 17.9. The number of nitrogens with one attached hydrogen (secondary N) is 1. The molecule has 1 atom stereocenters. The summed E-state index contributed by atoms with van der Waals surface area (Å²) in [5.74, 6) is 0.936. The molecule has 1 amide bonds. The highest BCUT2D eigenvalue weighted by atomic mass is 16.6. The van der Waals surface area contributed by atoms with Gasteiger partial charge in [-0.2, -0.15) is 0 Å². The Labute approximate surface area is 220 Å². The molecular weight excluding hydrogens is 462 g/mol. The molecule has 2 aliphatic rings. The average molecular weight is 500 g/mol. The first-order valence-corrected chi connectivity index (χ1v) is 13.3. The Hall–Kier alpha value is -3.51. The average Bonchev–Trinajstić information content (AvgIpc) is 3.25. The number of fused-ring (bicyclic) bond motifs is 2. The van der Waals surface area contributed by atoms with Gasteiger partial charge in [-0.05, 0) is 76.4 Å². The van der Waals surface area contributed by atoms with Crippen molar-refractivity contribution in [1.29, 1.82) is 0 Å². The number of carbonyl (C=O) groups is 1. The summed E-state index contributed by atoms with van der Waals surface area (Å²) in [6.07, 6.45) is 2.80. The molecule has 3 aromatic rings. The Kier molecular flexibility index (Phi) is 7.38. The molecule has 5 rings (SSSR count). The van der Waals surface area contributed by atoms with E-state index in [1.807, 2.05) is 45.0 Å². The summed E-state index contributed by atoms with van der Waals surface area (Å²) >= 11 is 0. The predicted octanol–water partition coefficient (Wildman–Crippen LogP) is 6.77. The Morgan fingerprint density at radius 1 is 1.00 bits per heavy atom. The van der Waals surface area contributed by atoms with E-state index in [0.29, 0.717) is 12.6 Å². The lowest BCUT2D eigenvalue weighted by Gasteiger charge is -2.33. The first-order valence-electron chi connectivity index (χ1n) is 13.3. The van der Waals surface area contributed by atoms with Crippen LogP contribution in [0.5, 0.6) is 5.75 Å². The van der Waals surface area contributed by atoms with Gasteiger partial charge in [0.05, 0.1) is 5.69 Å². The maximum absolute atomic E-state index is 12.4. The van der Waals surface area contributed by atoms with Crippen molar-refractivity contribution in [3.8, 4) is 5.75 Å². The Morgan fingerprint density at radius 2 is 1.73 bits per heavy atom. The van der Waals surface area contributed by atoms with Crippen molar-refractivity contribution in [2.24, 2.45) is 0 Å². The molecule has 0 saturated carbocycles. The molecule has 0 spiro atoms. The molecule has 6 nitrogen and oxygen atoms in total. The molecule has 0 aliphatic carbocycles. The van der Waals surface area contributed by atoms with Crippen LogP contribution in [0.1, 0.15) is 44.7 Å². The molecule has 6 heteroatoms. The van der Waals surface area contributed by atoms with Crippen LogP contribution in [0, 0.1) is 0 Å². The summed E-state index contributed by atoms with van der Waals surface area (Å²) < 4.78 is 11.6. The van der Waals surface area contributed by atoms with Crippen molar-refractivity contribution < 1.29 is 14.3 Å². The van der Waals surface area contributed by atoms with Gasteiger partial charge in [-0.3, -0.25) is 10.2 Å². The maximum atomic E-state index is 12.4. The van der Waals surface area contributed by atoms with Gasteiger partial charge in [-0.1, -0.05) is 48.5 Å². The van der Waals surface area contributed by atoms with E-state index >= 15 is 0 Å². The SMILES string of the molecule is CC(C)(C)OC(=O)Nc1ccccc1CCN1CCC[C@@H]1CN1c2ccccc2COc2ccccc21. The Balaban J connectivity index is 1.30. The largest absolute Gasteiger partial charge is 0.487 e. The maximum Gasteiger partial charge on any atom is 0.412 e. The molecule has 0 unspecified atom stereocenters. The van der Waals surface area contributed by atoms with Gasteiger partial charge in [-0.15, -0.1) is 0 Å². The zero-order valence-electron chi connectivity index (χ0n) is 22.1. The number of hydrogen-bond donors (Lipinski definition) is 1. The number of nitrogens with zero attached hydrogens (tertiary/aromatic N) is 2. The number of likely N-dealkylation sites (tertiary alicyclic amines) is 1. The summed E-state index contributed by atoms with van der Waals surface area (Å²) in [5.41, 5.74) is 4.98. The summed E-state index contributed by atoms with van der Waals surface area (Å²) in [5, 5.41) is 2.95. The minimum absolute atomic E-state index is 0.417. The van der Waals surface area contributed by atoms with E-state index < -0.39 is 11.7 Å². The zero-order valence-corrected chi connectivity index (χ0v) is 22.1. The van der Waals surface area contributed by atoms with Crippen LogP contribution in [0.2, 0.25) is 0 Å². The molecule has 0 aromatic heterocycles. The standard InChI is InChI=1S/C31H37N3O3/c1-31(2,3)37-30(35)32-26-14-6-4-11-23(26)18-20-33-19-10-13-25(33)21-34-27-15-7-5-12-24(27)22-36-29-17-9-8-16-28(29)34/h4-9,11-12,14-17,25H,10,13,18-22H2,1-3H3,(H,32,35)/t25-/m1/s1. The highest BCUT2D eigenvalue weighted by molar-refractivity contribution is 5.86. The fourth-order valence-corrected chi connectivity index (χ4v) is 5.33. The third kappa shape index (κ3) is 6.08. The number of para-hydroxylation sites is 4. The quantitative estimate of drug-likeness (QED) is 0.406. The highest BCUT2D eigenvalue weighted by Gasteiger charge is 2.30. The Bertz CT molecular complexity index is 1190. The van der Waals surface area contributed by atoms with E-state index in [0.717, 1.165) is 48.7 Å². The van der Waals surface area contributed by atoms with Gasteiger partial charge in [0, 0.05) is 36.1 Å². The number of rotatable bonds is 6. The molecular formula is C31H37N3O3. The van der Waals surface area contributed by atoms with Crippen molar-refractivity contribution >= 4 is 23.2 Å². The summed E-state index contributed by atoms with van der Waals surface area (Å²) in [6.45, 7) is 9.14. The third-order valence-electron chi connectivity index (χ3n) is 7.04. The van der Waals surface area contributed by atoms with Crippen LogP contribution in [0.25, 0.3) is 0 Å². The number of ether oxygens (including phenoxy) is 2. The lowest BCUT2D eigenvalue weighted by Crippen LogP contribution is -2.39. The smallest absolute Gasteiger partial charge is 0.412 e. The third-order valence-corrected chi connectivity index (χ3v) is 7.04. The van der Waals surface area contributed by atoms with Crippen LogP contribution in [-0.2, 0) is 17.8 Å². The van der Waals surface area contributed by atoms with E-state index in [2.05, 4.69) is 63.6 Å². The highest BCUT2D eigenvalue weighted by Crippen LogP contribution is 2.40. The number of amides is 1. The second-order valence-corrected chi connectivity index (χ2v) is 10.9. The van der Waals surface area contributed by atoms with Crippen LogP contribution >= 0.6 is 0 Å². The van der Waals surface area contributed by atoms with Gasteiger partial charge in [0.1, 0.15) is 18.0 Å². The van der Waals surface area contributed by atoms with Gasteiger partial charge >= 0.3 is 6.09 Å². The van der Waals surface area contributed by atoms with Gasteiger partial charge in [0.15, 0.2) is 0 Å². The molecule has 3 aromatic carbocycles. The lowest BCUT2D eigenvalue weighted by molar-refractivity contribution is 0.0635. The lowest BCUT2D eigenvalue weighted by atomic mass is 10.1. The van der Waals surface area contributed by atoms with E-state index in [4.69, 9.17) is 9.47 Å². The van der Waals surface area contributed by atoms with Crippen LogP contribution in [0.4, 0.5) is 21.9 Å². The topological polar surface area (TPSA) is 54.0 Å². The minimum atomic E-state index is -0.530. The van der Waals surface area contributed by atoms with Crippen LogP contribution in [-0.4, -0.2) is 42.3 Å². The van der Waals surface area contributed by atoms with E-state index in [-0.39, 0.29) is 0 Å². The molecule has 37 heavy (non-hydrogen) atoms. The summed E-state index contributed by atoms with van der Waals surface area (Å²) in [4.78, 5) is 17.4. The van der Waals surface area contributed by atoms with Crippen LogP contribution in [0.15, 0.2) is 72.8 Å². The first kappa shape index (κ1) is 25.2. The fraction of sp³-hybridized carbons (Fsp3) is 0.387. The van der Waals surface area contributed by atoms with E-state index in [9.17, 15) is 4.79 Å². The fourth-order valence-electron chi connectivity index (χ4n) is 5.33. The van der Waals surface area contributed by atoms with Crippen LogP contribution < -0.4 is 15.0 Å². The Morgan fingerprint density at radius 3 is 2.57 bits per heavy atom. The van der Waals surface area contributed by atoms with Crippen molar-refractivity contribution in [1.82, 2.24) is 4.90 Å². The molecule has 194 valence electrons. The van der Waals surface area contributed by atoms with Gasteiger partial charge in [0.25, 0.3) is 0 Å². The van der Waals surface area contributed by atoms with Gasteiger partial charge in [-0.25, -0.2) is 4.79 Å². The second-order valence-electron chi connectivity index (χ2n) is 10.9. The molecule has 0 radical (unpaired) electrons. The van der Waals surface area contributed by atoms with Gasteiger partial charge in [0.2, 0.25) is 0 Å². The number of hydrogen-bond acceptors (Lipinski definition) is 5.